The number of nitrogens with one attached hydrogen (secondary N) is 1. The van der Waals surface area contributed by atoms with E-state index in [0.717, 1.165) is 0 Å². The fourth-order valence-corrected chi connectivity index (χ4v) is 7.31. The van der Waals surface area contributed by atoms with Crippen molar-refractivity contribution in [1.82, 2.24) is 10.2 Å². The Balaban J connectivity index is 1.42. The Labute approximate surface area is 273 Å². The number of carbonyl (C=O) groups is 4. The van der Waals surface area contributed by atoms with E-state index < -0.39 is 41.7 Å². The molecule has 1 spiro atoms. The molecular weight excluding hydrogens is 610 g/mol. The van der Waals surface area contributed by atoms with Gasteiger partial charge in [-0.25, -0.2) is 0 Å². The number of aliphatic hydroxyl groups excluding tert-OH is 1. The molecule has 4 aliphatic rings. The maximum atomic E-state index is 14.8. The zero-order valence-electron chi connectivity index (χ0n) is 25.4. The number of nitrogens with zero attached hydrogens (tertiary/aromatic N) is 2. The van der Waals surface area contributed by atoms with Crippen LogP contribution in [-0.2, 0) is 28.7 Å². The zero-order chi connectivity index (χ0) is 32.3. The SMILES string of the molecule is O=C1CC/C=C\CN(c2ccccc2Cl)C(=O)[C@@H]2N(CCCCCO)C(=O)[C@H]3[C@H](C(=O)O[C@H](c4ccccc4)CN1)[C@@H]1C=C[C@]23O1. The standard InChI is InChI=1S/C35H38ClN3O7/c36-24-14-7-8-15-25(24)38-19-9-2-6-16-28(41)37-22-27(23-12-4-1-5-13-23)45-34(44)29-26-17-18-35(46-26)30(29)32(42)39(31(35)33(38)43)20-10-3-11-21-40/h1-2,4-5,7-9,12-15,17-18,26-27,29-31,40H,3,6,10-11,16,19-22H2,(H,37,41)/b9-2-/t26-,27-,29+,30+,31-,35+/m0/s1. The first kappa shape index (κ1) is 32.0. The highest BCUT2D eigenvalue weighted by Crippen LogP contribution is 2.56. The van der Waals surface area contributed by atoms with Gasteiger partial charge in [-0.15, -0.1) is 0 Å². The number of para-hydroxylation sites is 1. The number of anilines is 1. The van der Waals surface area contributed by atoms with E-state index in [1.54, 1.807) is 41.3 Å². The highest BCUT2D eigenvalue weighted by atomic mass is 35.5. The number of esters is 1. The molecule has 2 aromatic carbocycles. The van der Waals surface area contributed by atoms with Crippen molar-refractivity contribution in [2.75, 3.05) is 31.1 Å². The van der Waals surface area contributed by atoms with Gasteiger partial charge in [0.05, 0.1) is 29.3 Å². The Morgan fingerprint density at radius 1 is 0.957 bits per heavy atom. The topological polar surface area (TPSA) is 125 Å². The molecule has 0 saturated carbocycles. The number of allylic oxidation sites excluding steroid dienone is 1. The molecule has 0 aromatic heterocycles. The van der Waals surface area contributed by atoms with Crippen LogP contribution in [0.25, 0.3) is 0 Å². The lowest BCUT2D eigenvalue weighted by molar-refractivity contribution is -0.159. The number of hydrogen-bond acceptors (Lipinski definition) is 7. The maximum Gasteiger partial charge on any atom is 0.313 e. The minimum absolute atomic E-state index is 0.0277. The van der Waals surface area contributed by atoms with Gasteiger partial charge < -0.3 is 29.7 Å². The van der Waals surface area contributed by atoms with Gasteiger partial charge in [0.15, 0.2) is 0 Å². The number of amides is 3. The number of hydrogen-bond donors (Lipinski definition) is 2. The van der Waals surface area contributed by atoms with Crippen molar-refractivity contribution in [3.05, 3.63) is 89.5 Å². The third-order valence-corrected chi connectivity index (χ3v) is 9.57. The van der Waals surface area contributed by atoms with Crippen LogP contribution >= 0.6 is 11.6 Å². The Bertz CT molecular complexity index is 1530. The van der Waals surface area contributed by atoms with Crippen LogP contribution in [0.5, 0.6) is 0 Å². The van der Waals surface area contributed by atoms with Crippen LogP contribution in [-0.4, -0.2) is 77.7 Å². The van der Waals surface area contributed by atoms with Gasteiger partial charge in [-0.2, -0.15) is 0 Å². The molecule has 6 rings (SSSR count). The van der Waals surface area contributed by atoms with Gasteiger partial charge in [0.2, 0.25) is 11.8 Å². The largest absolute Gasteiger partial charge is 0.455 e. The third kappa shape index (κ3) is 5.97. The molecule has 2 aromatic rings. The molecule has 0 aliphatic carbocycles. The van der Waals surface area contributed by atoms with Gasteiger partial charge in [-0.1, -0.05) is 78.4 Å². The third-order valence-electron chi connectivity index (χ3n) is 9.25. The number of fused-ring (bicyclic) bond motifs is 2. The molecule has 11 heteroatoms. The summed E-state index contributed by atoms with van der Waals surface area (Å²) < 4.78 is 12.6. The molecule has 242 valence electrons. The summed E-state index contributed by atoms with van der Waals surface area (Å²) in [6.45, 7) is 0.485. The summed E-state index contributed by atoms with van der Waals surface area (Å²) in [5, 5.41) is 12.6. The van der Waals surface area contributed by atoms with Crippen LogP contribution in [0.2, 0.25) is 5.02 Å². The predicted octanol–water partition coefficient (Wildman–Crippen LogP) is 3.74. The summed E-state index contributed by atoms with van der Waals surface area (Å²) in [5.74, 6) is -3.54. The summed E-state index contributed by atoms with van der Waals surface area (Å²) in [5.41, 5.74) is -0.206. The Hall–Kier alpha value is -3.99. The Morgan fingerprint density at radius 3 is 2.52 bits per heavy atom. The van der Waals surface area contributed by atoms with E-state index >= 15 is 0 Å². The second-order valence-electron chi connectivity index (χ2n) is 12.1. The minimum Gasteiger partial charge on any atom is -0.455 e. The van der Waals surface area contributed by atoms with Gasteiger partial charge in [-0.05, 0) is 43.4 Å². The molecule has 2 N–H and O–H groups in total. The number of halogens is 1. The molecule has 6 atom stereocenters. The first-order chi connectivity index (χ1) is 22.4. The van der Waals surface area contributed by atoms with Crippen molar-refractivity contribution in [3.8, 4) is 0 Å². The highest BCUT2D eigenvalue weighted by molar-refractivity contribution is 6.34. The maximum absolute atomic E-state index is 14.8. The van der Waals surface area contributed by atoms with Crippen molar-refractivity contribution in [2.24, 2.45) is 11.8 Å². The van der Waals surface area contributed by atoms with Gasteiger partial charge >= 0.3 is 5.97 Å². The van der Waals surface area contributed by atoms with Crippen LogP contribution in [0, 0.1) is 11.8 Å². The number of unbranched alkanes of at least 4 members (excludes halogenated alkanes) is 2. The molecule has 10 nitrogen and oxygen atoms in total. The molecular formula is C35H38ClN3O7. The normalized spacial score (nSPS) is 30.3. The van der Waals surface area contributed by atoms with E-state index in [0.29, 0.717) is 42.0 Å². The summed E-state index contributed by atoms with van der Waals surface area (Å²) in [4.78, 5) is 59.1. The molecule has 5 bridgehead atoms. The van der Waals surface area contributed by atoms with Crippen LogP contribution in [0.1, 0.15) is 43.8 Å². The van der Waals surface area contributed by atoms with E-state index in [9.17, 15) is 24.3 Å². The molecule has 4 aliphatic heterocycles. The zero-order valence-corrected chi connectivity index (χ0v) is 26.2. The Morgan fingerprint density at radius 2 is 1.74 bits per heavy atom. The second kappa shape index (κ2) is 13.8. The Kier molecular flexibility index (Phi) is 9.58. The van der Waals surface area contributed by atoms with Crippen molar-refractivity contribution < 1.29 is 33.8 Å². The molecule has 2 fully saturated rings. The number of carbonyl (C=O) groups excluding carboxylic acids is 4. The van der Waals surface area contributed by atoms with Crippen LogP contribution in [0.4, 0.5) is 5.69 Å². The summed E-state index contributed by atoms with van der Waals surface area (Å²) >= 11 is 6.61. The summed E-state index contributed by atoms with van der Waals surface area (Å²) in [6, 6.07) is 15.1. The number of cyclic esters (lactones) is 1. The quantitative estimate of drug-likeness (QED) is 0.267. The van der Waals surface area contributed by atoms with E-state index in [1.807, 2.05) is 42.5 Å². The van der Waals surface area contributed by atoms with Crippen molar-refractivity contribution >= 4 is 41.0 Å². The van der Waals surface area contributed by atoms with E-state index in [1.165, 1.54) is 4.90 Å². The van der Waals surface area contributed by atoms with Crippen LogP contribution in [0.15, 0.2) is 78.9 Å². The second-order valence-corrected chi connectivity index (χ2v) is 12.5. The summed E-state index contributed by atoms with van der Waals surface area (Å²) in [7, 11) is 0. The first-order valence-electron chi connectivity index (χ1n) is 15.9. The van der Waals surface area contributed by atoms with Crippen molar-refractivity contribution in [1.29, 1.82) is 0 Å². The number of rotatable bonds is 7. The van der Waals surface area contributed by atoms with Crippen molar-refractivity contribution in [2.45, 2.75) is 56.0 Å². The monoisotopic (exact) mass is 647 g/mol. The fourth-order valence-electron chi connectivity index (χ4n) is 7.07. The molecule has 0 radical (unpaired) electrons. The minimum atomic E-state index is -1.38. The molecule has 2 saturated heterocycles. The average Bonchev–Trinajstić information content (AvgIpc) is 3.70. The molecule has 4 heterocycles. The van der Waals surface area contributed by atoms with Gasteiger partial charge in [0.25, 0.3) is 5.91 Å². The van der Waals surface area contributed by atoms with Crippen LogP contribution in [0.3, 0.4) is 0 Å². The average molecular weight is 648 g/mol. The smallest absolute Gasteiger partial charge is 0.313 e. The number of ether oxygens (including phenoxy) is 2. The molecule has 0 unspecified atom stereocenters. The van der Waals surface area contributed by atoms with Gasteiger partial charge in [-0.3, -0.25) is 19.2 Å². The first-order valence-corrected chi connectivity index (χ1v) is 16.2. The predicted molar refractivity (Wildman–Crippen MR) is 171 cm³/mol. The highest BCUT2D eigenvalue weighted by Gasteiger charge is 2.73. The lowest BCUT2D eigenvalue weighted by Crippen LogP contribution is -2.56. The van der Waals surface area contributed by atoms with Gasteiger partial charge in [0, 0.05) is 26.1 Å². The van der Waals surface area contributed by atoms with E-state index in [2.05, 4.69) is 5.32 Å². The molecule has 46 heavy (non-hydrogen) atoms. The van der Waals surface area contributed by atoms with Crippen molar-refractivity contribution in [3.63, 3.8) is 0 Å². The van der Waals surface area contributed by atoms with E-state index in [-0.39, 0.29) is 50.4 Å². The lowest BCUT2D eigenvalue weighted by Gasteiger charge is -2.36. The lowest BCUT2D eigenvalue weighted by atomic mass is 9.74. The van der Waals surface area contributed by atoms with Gasteiger partial charge in [0.1, 0.15) is 23.7 Å². The number of likely N-dealkylation sites (tertiary alicyclic amines) is 1. The van der Waals surface area contributed by atoms with E-state index in [4.69, 9.17) is 21.1 Å². The number of benzene rings is 2. The van der Waals surface area contributed by atoms with Crippen LogP contribution < -0.4 is 10.2 Å². The fraction of sp³-hybridized carbons (Fsp3) is 0.429. The number of aliphatic hydroxyl groups is 1. The molecule has 3 amide bonds. The summed E-state index contributed by atoms with van der Waals surface area (Å²) in [6.07, 6.45) is 8.03.